The first-order valence-electron chi connectivity index (χ1n) is 8.51. The van der Waals surface area contributed by atoms with E-state index in [1.165, 1.54) is 0 Å². The Balaban J connectivity index is 1.91. The summed E-state index contributed by atoms with van der Waals surface area (Å²) in [6.45, 7) is 8.00. The molecule has 1 aliphatic rings. The number of carbonyl (C=O) groups excluding carboxylic acids is 1. The van der Waals surface area contributed by atoms with Gasteiger partial charge in [0.25, 0.3) is 0 Å². The normalized spacial score (nSPS) is 13.9. The Morgan fingerprint density at radius 2 is 1.89 bits per heavy atom. The summed E-state index contributed by atoms with van der Waals surface area (Å²) in [6.07, 6.45) is 1.69. The van der Waals surface area contributed by atoms with Crippen LogP contribution in [0.2, 0.25) is 0 Å². The van der Waals surface area contributed by atoms with Crippen LogP contribution in [-0.2, 0) is 0 Å². The Labute approximate surface area is 158 Å². The third-order valence-electron chi connectivity index (χ3n) is 4.13. The monoisotopic (exact) mass is 366 g/mol. The van der Waals surface area contributed by atoms with E-state index in [9.17, 15) is 4.79 Å². The van der Waals surface area contributed by atoms with Crippen LogP contribution in [0.5, 0.6) is 23.0 Å². The number of ether oxygens (including phenoxy) is 4. The van der Waals surface area contributed by atoms with Gasteiger partial charge in [-0.3, -0.25) is 4.79 Å². The van der Waals surface area contributed by atoms with Gasteiger partial charge in [-0.2, -0.15) is 0 Å². The lowest BCUT2D eigenvalue weighted by molar-refractivity contribution is 0.101. The maximum Gasteiger partial charge on any atom is 0.232 e. The van der Waals surface area contributed by atoms with Gasteiger partial charge >= 0.3 is 0 Å². The number of Topliss-reactive ketones (excluding diaryl/α,β-unsaturated/α-hetero) is 1. The van der Waals surface area contributed by atoms with Crippen LogP contribution in [0.3, 0.4) is 0 Å². The van der Waals surface area contributed by atoms with Crippen molar-refractivity contribution in [3.05, 3.63) is 64.9 Å². The highest BCUT2D eigenvalue weighted by Crippen LogP contribution is 2.38. The number of carbonyl (C=O) groups is 1. The number of hydrogen-bond acceptors (Lipinski definition) is 5. The predicted molar refractivity (Wildman–Crippen MR) is 104 cm³/mol. The van der Waals surface area contributed by atoms with E-state index in [0.717, 1.165) is 16.7 Å². The van der Waals surface area contributed by atoms with Crippen molar-refractivity contribution < 1.29 is 23.7 Å². The molecule has 0 fully saturated rings. The van der Waals surface area contributed by atoms with Crippen LogP contribution in [0.15, 0.2) is 48.2 Å². The number of benzene rings is 2. The van der Waals surface area contributed by atoms with Gasteiger partial charge in [0.05, 0.1) is 19.8 Å². The average molecular weight is 366 g/mol. The van der Waals surface area contributed by atoms with Crippen LogP contribution in [0.1, 0.15) is 28.4 Å². The molecular weight excluding hydrogens is 344 g/mol. The molecule has 5 nitrogen and oxygen atoms in total. The molecule has 0 aliphatic carbocycles. The molecule has 0 unspecified atom stereocenters. The molecule has 2 aromatic rings. The fourth-order valence-corrected chi connectivity index (χ4v) is 2.86. The van der Waals surface area contributed by atoms with E-state index >= 15 is 0 Å². The van der Waals surface area contributed by atoms with E-state index < -0.39 is 0 Å². The van der Waals surface area contributed by atoms with E-state index in [-0.39, 0.29) is 11.5 Å². The highest BCUT2D eigenvalue weighted by atomic mass is 16.5. The van der Waals surface area contributed by atoms with Gasteiger partial charge in [0.1, 0.15) is 18.1 Å². The molecule has 5 heteroatoms. The Morgan fingerprint density at radius 3 is 2.56 bits per heavy atom. The van der Waals surface area contributed by atoms with Crippen molar-refractivity contribution in [2.75, 3.05) is 20.8 Å². The Kier molecular flexibility index (Phi) is 5.21. The molecule has 2 aromatic carbocycles. The van der Waals surface area contributed by atoms with Gasteiger partial charge < -0.3 is 18.9 Å². The summed E-state index contributed by atoms with van der Waals surface area (Å²) in [5.41, 5.74) is 3.06. The lowest BCUT2D eigenvalue weighted by atomic mass is 10.0. The van der Waals surface area contributed by atoms with E-state index in [4.69, 9.17) is 18.9 Å². The lowest BCUT2D eigenvalue weighted by Crippen LogP contribution is -2.00. The molecule has 0 saturated carbocycles. The molecule has 0 amide bonds. The molecule has 0 N–H and O–H groups in total. The second-order valence-corrected chi connectivity index (χ2v) is 6.41. The van der Waals surface area contributed by atoms with Gasteiger partial charge in [0.2, 0.25) is 5.78 Å². The van der Waals surface area contributed by atoms with Crippen LogP contribution >= 0.6 is 0 Å². The van der Waals surface area contributed by atoms with Crippen LogP contribution in [-0.4, -0.2) is 26.6 Å². The van der Waals surface area contributed by atoms with Crippen molar-refractivity contribution in [3.63, 3.8) is 0 Å². The first kappa shape index (κ1) is 18.6. The van der Waals surface area contributed by atoms with Gasteiger partial charge in [-0.05, 0) is 54.8 Å². The van der Waals surface area contributed by atoms with Crippen molar-refractivity contribution in [2.45, 2.75) is 13.8 Å². The first-order valence-corrected chi connectivity index (χ1v) is 8.51. The third-order valence-corrected chi connectivity index (χ3v) is 4.13. The molecule has 0 radical (unpaired) electrons. The third kappa shape index (κ3) is 3.82. The maximum atomic E-state index is 12.8. The number of rotatable bonds is 6. The molecule has 1 aliphatic heterocycles. The molecule has 0 spiro atoms. The van der Waals surface area contributed by atoms with Crippen LogP contribution in [0, 0.1) is 6.92 Å². The largest absolute Gasteiger partial charge is 0.493 e. The molecule has 140 valence electrons. The number of allylic oxidation sites excluding steroid dienone is 1. The number of ketones is 1. The highest BCUT2D eigenvalue weighted by Gasteiger charge is 2.30. The van der Waals surface area contributed by atoms with Crippen LogP contribution in [0.4, 0.5) is 0 Å². The summed E-state index contributed by atoms with van der Waals surface area (Å²) in [5.74, 6) is 2.47. The number of fused-ring (bicyclic) bond motifs is 1. The quantitative estimate of drug-likeness (QED) is 0.553. The maximum absolute atomic E-state index is 12.8. The Hall–Kier alpha value is -3.21. The van der Waals surface area contributed by atoms with Gasteiger partial charge in [-0.25, -0.2) is 0 Å². The van der Waals surface area contributed by atoms with E-state index in [1.54, 1.807) is 38.5 Å². The number of methoxy groups -OCH3 is 2. The van der Waals surface area contributed by atoms with E-state index in [2.05, 4.69) is 6.58 Å². The molecule has 27 heavy (non-hydrogen) atoms. The zero-order chi connectivity index (χ0) is 19.6. The summed E-state index contributed by atoms with van der Waals surface area (Å²) in [5, 5.41) is 0. The molecule has 3 rings (SSSR count). The van der Waals surface area contributed by atoms with Gasteiger partial charge in [-0.1, -0.05) is 12.6 Å². The van der Waals surface area contributed by atoms with Crippen molar-refractivity contribution in [2.24, 2.45) is 0 Å². The smallest absolute Gasteiger partial charge is 0.232 e. The lowest BCUT2D eigenvalue weighted by Gasteiger charge is -2.09. The van der Waals surface area contributed by atoms with Crippen molar-refractivity contribution in [1.82, 2.24) is 0 Å². The molecule has 0 bridgehead atoms. The highest BCUT2D eigenvalue weighted by molar-refractivity contribution is 6.15. The minimum absolute atomic E-state index is 0.149. The minimum Gasteiger partial charge on any atom is -0.493 e. The Bertz CT molecular complexity index is 940. The van der Waals surface area contributed by atoms with Crippen molar-refractivity contribution >= 4 is 11.9 Å². The summed E-state index contributed by atoms with van der Waals surface area (Å²) in [4.78, 5) is 12.8. The summed E-state index contributed by atoms with van der Waals surface area (Å²) in [6, 6.07) is 8.98. The zero-order valence-electron chi connectivity index (χ0n) is 15.9. The first-order chi connectivity index (χ1) is 12.9. The fraction of sp³-hybridized carbons (Fsp3) is 0.227. The molecule has 0 atom stereocenters. The van der Waals surface area contributed by atoms with E-state index in [0.29, 0.717) is 35.2 Å². The molecule has 0 saturated heterocycles. The SMILES string of the molecule is C=C(C)COc1cc(C)c2c(c1)O/C(=C\c1ccc(OC)c(OC)c1)C2=O. The standard InChI is InChI=1S/C22H22O5/c1-13(2)12-26-16-8-14(3)21-19(11-16)27-20(22(21)23)10-15-6-7-17(24-4)18(9-15)25-5/h6-11H,1,12H2,2-5H3/b20-10-. The van der Waals surface area contributed by atoms with Gasteiger partial charge in [0, 0.05) is 6.07 Å². The van der Waals surface area contributed by atoms with Gasteiger partial charge in [0.15, 0.2) is 17.3 Å². The van der Waals surface area contributed by atoms with Crippen LogP contribution < -0.4 is 18.9 Å². The fourth-order valence-electron chi connectivity index (χ4n) is 2.86. The topological polar surface area (TPSA) is 54.0 Å². The molecule has 1 heterocycles. The predicted octanol–water partition coefficient (Wildman–Crippen LogP) is 4.58. The van der Waals surface area contributed by atoms with Crippen molar-refractivity contribution in [1.29, 1.82) is 0 Å². The van der Waals surface area contributed by atoms with Gasteiger partial charge in [-0.15, -0.1) is 0 Å². The summed E-state index contributed by atoms with van der Waals surface area (Å²) < 4.78 is 22.0. The van der Waals surface area contributed by atoms with Crippen LogP contribution in [0.25, 0.3) is 6.08 Å². The summed E-state index contributed by atoms with van der Waals surface area (Å²) in [7, 11) is 3.14. The number of aryl methyl sites for hydroxylation is 1. The van der Waals surface area contributed by atoms with E-state index in [1.807, 2.05) is 26.0 Å². The minimum atomic E-state index is -0.149. The second-order valence-electron chi connectivity index (χ2n) is 6.41. The van der Waals surface area contributed by atoms with Crippen molar-refractivity contribution in [3.8, 4) is 23.0 Å². The number of hydrogen-bond donors (Lipinski definition) is 0. The molecule has 0 aromatic heterocycles. The second kappa shape index (κ2) is 7.58. The summed E-state index contributed by atoms with van der Waals surface area (Å²) >= 11 is 0. The average Bonchev–Trinajstić information content (AvgIpc) is 2.95. The zero-order valence-corrected chi connectivity index (χ0v) is 15.9. The molecular formula is C22H22O5. The Morgan fingerprint density at radius 1 is 1.15 bits per heavy atom.